The molecule has 13 heavy (non-hydrogen) atoms. The van der Waals surface area contributed by atoms with Crippen molar-refractivity contribution >= 4 is 5.69 Å². The minimum Gasteiger partial charge on any atom is -0.384 e. The second kappa shape index (κ2) is 3.38. The number of nitrogens with two attached hydrogens (primary N) is 1. The molecule has 0 radical (unpaired) electrons. The molecule has 0 aromatic heterocycles. The number of hydrogen-bond acceptors (Lipinski definition) is 2. The van der Waals surface area contributed by atoms with E-state index in [2.05, 4.69) is 23.5 Å². The number of nitrogens with one attached hydrogen (secondary N) is 1. The first-order chi connectivity index (χ1) is 6.27. The smallest absolute Gasteiger partial charge is 0.0406 e. The maximum Gasteiger partial charge on any atom is 0.0406 e. The van der Waals surface area contributed by atoms with E-state index >= 15 is 0 Å². The molecule has 1 heterocycles. The maximum absolute atomic E-state index is 5.79. The first-order valence-electron chi connectivity index (χ1n) is 4.87. The Morgan fingerprint density at radius 1 is 1.54 bits per heavy atom. The molecule has 2 nitrogen and oxygen atoms in total. The average Bonchev–Trinajstić information content (AvgIpc) is 2.51. The highest BCUT2D eigenvalue weighted by atomic mass is 14.9. The molecule has 2 heteroatoms. The fourth-order valence-corrected chi connectivity index (χ4v) is 1.93. The third-order valence-corrected chi connectivity index (χ3v) is 2.48. The van der Waals surface area contributed by atoms with Gasteiger partial charge < -0.3 is 11.1 Å². The minimum atomic E-state index is 0.244. The lowest BCUT2D eigenvalue weighted by Crippen LogP contribution is -2.18. The van der Waals surface area contributed by atoms with Gasteiger partial charge in [-0.25, -0.2) is 0 Å². The number of para-hydroxylation sites is 1. The third-order valence-electron chi connectivity index (χ3n) is 2.48. The van der Waals surface area contributed by atoms with Crippen LogP contribution in [0.3, 0.4) is 0 Å². The second-order valence-corrected chi connectivity index (χ2v) is 3.81. The summed E-state index contributed by atoms with van der Waals surface area (Å²) in [6, 6.07) is 6.73. The van der Waals surface area contributed by atoms with Crippen LogP contribution in [0.4, 0.5) is 5.69 Å². The number of anilines is 1. The van der Waals surface area contributed by atoms with Gasteiger partial charge in [0.15, 0.2) is 0 Å². The molecule has 1 aliphatic heterocycles. The molecule has 2 rings (SSSR count). The summed E-state index contributed by atoms with van der Waals surface area (Å²) in [7, 11) is 0. The Hall–Kier alpha value is -1.02. The lowest BCUT2D eigenvalue weighted by Gasteiger charge is -2.10. The van der Waals surface area contributed by atoms with Crippen molar-refractivity contribution in [1.82, 2.24) is 0 Å². The van der Waals surface area contributed by atoms with Crippen molar-refractivity contribution in [2.75, 3.05) is 11.9 Å². The van der Waals surface area contributed by atoms with Gasteiger partial charge in [-0.2, -0.15) is 0 Å². The third kappa shape index (κ3) is 1.68. The highest BCUT2D eigenvalue weighted by Gasteiger charge is 2.13. The summed E-state index contributed by atoms with van der Waals surface area (Å²) in [6.45, 7) is 3.12. The Balaban J connectivity index is 2.30. The van der Waals surface area contributed by atoms with E-state index in [1.54, 1.807) is 0 Å². The first-order valence-corrected chi connectivity index (χ1v) is 4.87. The lowest BCUT2D eigenvalue weighted by atomic mass is 10.0. The maximum atomic E-state index is 5.79. The normalized spacial score (nSPS) is 16.5. The Morgan fingerprint density at radius 2 is 2.38 bits per heavy atom. The van der Waals surface area contributed by atoms with Gasteiger partial charge in [-0.3, -0.25) is 0 Å². The fraction of sp³-hybridized carbons (Fsp3) is 0.455. The van der Waals surface area contributed by atoms with Crippen LogP contribution in [0.5, 0.6) is 0 Å². The largest absolute Gasteiger partial charge is 0.384 e. The molecule has 0 aliphatic carbocycles. The molecule has 0 bridgehead atoms. The average molecular weight is 176 g/mol. The summed E-state index contributed by atoms with van der Waals surface area (Å²) in [5.41, 5.74) is 9.93. The van der Waals surface area contributed by atoms with Crippen LogP contribution in [-0.2, 0) is 12.8 Å². The molecular weight excluding hydrogens is 160 g/mol. The van der Waals surface area contributed by atoms with Gasteiger partial charge in [-0.1, -0.05) is 18.2 Å². The predicted molar refractivity (Wildman–Crippen MR) is 56.0 cm³/mol. The van der Waals surface area contributed by atoms with E-state index in [0.717, 1.165) is 19.4 Å². The minimum absolute atomic E-state index is 0.244. The van der Waals surface area contributed by atoms with Crippen molar-refractivity contribution in [3.63, 3.8) is 0 Å². The monoisotopic (exact) mass is 176 g/mol. The van der Waals surface area contributed by atoms with Crippen molar-refractivity contribution in [2.45, 2.75) is 25.8 Å². The van der Waals surface area contributed by atoms with E-state index in [1.807, 2.05) is 6.92 Å². The Kier molecular flexibility index (Phi) is 2.23. The van der Waals surface area contributed by atoms with E-state index in [9.17, 15) is 0 Å². The molecule has 1 atom stereocenters. The predicted octanol–water partition coefficient (Wildman–Crippen LogP) is 1.54. The van der Waals surface area contributed by atoms with Gasteiger partial charge in [0.05, 0.1) is 0 Å². The Morgan fingerprint density at radius 3 is 3.15 bits per heavy atom. The van der Waals surface area contributed by atoms with Gasteiger partial charge in [0.25, 0.3) is 0 Å². The Labute approximate surface area is 79.1 Å². The van der Waals surface area contributed by atoms with E-state index < -0.39 is 0 Å². The molecule has 1 unspecified atom stereocenters. The van der Waals surface area contributed by atoms with Crippen molar-refractivity contribution in [1.29, 1.82) is 0 Å². The molecule has 1 aliphatic rings. The van der Waals surface area contributed by atoms with Crippen LogP contribution in [0.15, 0.2) is 18.2 Å². The molecule has 1 aromatic rings. The Bertz CT molecular complexity index is 305. The SMILES string of the molecule is CC(N)Cc1cccc2c1NCC2. The van der Waals surface area contributed by atoms with Crippen molar-refractivity contribution in [3.8, 4) is 0 Å². The van der Waals surface area contributed by atoms with Crippen LogP contribution >= 0.6 is 0 Å². The summed E-state index contributed by atoms with van der Waals surface area (Å²) in [6.07, 6.45) is 2.12. The number of hydrogen-bond donors (Lipinski definition) is 2. The second-order valence-electron chi connectivity index (χ2n) is 3.81. The number of fused-ring (bicyclic) bond motifs is 1. The molecule has 0 spiro atoms. The summed E-state index contributed by atoms with van der Waals surface area (Å²) >= 11 is 0. The summed E-state index contributed by atoms with van der Waals surface area (Å²) in [5, 5.41) is 3.42. The van der Waals surface area contributed by atoms with Gasteiger partial charge >= 0.3 is 0 Å². The van der Waals surface area contributed by atoms with Gasteiger partial charge in [-0.05, 0) is 30.9 Å². The zero-order chi connectivity index (χ0) is 9.26. The quantitative estimate of drug-likeness (QED) is 0.717. The van der Waals surface area contributed by atoms with Crippen molar-refractivity contribution < 1.29 is 0 Å². The van der Waals surface area contributed by atoms with Crippen LogP contribution in [-0.4, -0.2) is 12.6 Å². The van der Waals surface area contributed by atoms with E-state index in [1.165, 1.54) is 16.8 Å². The molecular formula is C11H16N2. The fourth-order valence-electron chi connectivity index (χ4n) is 1.93. The van der Waals surface area contributed by atoms with Crippen LogP contribution in [0.2, 0.25) is 0 Å². The first kappa shape index (κ1) is 8.57. The molecule has 70 valence electrons. The van der Waals surface area contributed by atoms with Crippen LogP contribution in [0.1, 0.15) is 18.1 Å². The van der Waals surface area contributed by atoms with Gasteiger partial charge in [0.1, 0.15) is 0 Å². The summed E-state index contributed by atoms with van der Waals surface area (Å²) in [4.78, 5) is 0. The number of benzene rings is 1. The molecule has 1 aromatic carbocycles. The van der Waals surface area contributed by atoms with Crippen molar-refractivity contribution in [2.24, 2.45) is 5.73 Å². The summed E-state index contributed by atoms with van der Waals surface area (Å²) < 4.78 is 0. The van der Waals surface area contributed by atoms with Crippen LogP contribution < -0.4 is 11.1 Å². The van der Waals surface area contributed by atoms with Gasteiger partial charge in [0.2, 0.25) is 0 Å². The molecule has 3 N–H and O–H groups in total. The van der Waals surface area contributed by atoms with Gasteiger partial charge in [-0.15, -0.1) is 0 Å². The molecule has 0 amide bonds. The highest BCUT2D eigenvalue weighted by Crippen LogP contribution is 2.26. The van der Waals surface area contributed by atoms with Crippen LogP contribution in [0.25, 0.3) is 0 Å². The van der Waals surface area contributed by atoms with E-state index in [0.29, 0.717) is 0 Å². The van der Waals surface area contributed by atoms with E-state index in [4.69, 9.17) is 5.73 Å². The summed E-state index contributed by atoms with van der Waals surface area (Å²) in [5.74, 6) is 0. The molecule has 0 saturated heterocycles. The van der Waals surface area contributed by atoms with Gasteiger partial charge in [0, 0.05) is 18.3 Å². The zero-order valence-corrected chi connectivity index (χ0v) is 8.01. The van der Waals surface area contributed by atoms with Crippen molar-refractivity contribution in [3.05, 3.63) is 29.3 Å². The highest BCUT2D eigenvalue weighted by molar-refractivity contribution is 5.61. The van der Waals surface area contributed by atoms with E-state index in [-0.39, 0.29) is 6.04 Å². The zero-order valence-electron chi connectivity index (χ0n) is 8.01. The molecule has 0 fully saturated rings. The molecule has 0 saturated carbocycles. The van der Waals surface area contributed by atoms with Crippen LogP contribution in [0, 0.1) is 0 Å². The number of rotatable bonds is 2. The topological polar surface area (TPSA) is 38.0 Å². The lowest BCUT2D eigenvalue weighted by molar-refractivity contribution is 0.739. The standard InChI is InChI=1S/C11H16N2/c1-8(12)7-10-4-2-3-9-5-6-13-11(9)10/h2-4,8,13H,5-7,12H2,1H3.